The van der Waals surface area contributed by atoms with Crippen LogP contribution in [0.2, 0.25) is 0 Å². The van der Waals surface area contributed by atoms with E-state index in [2.05, 4.69) is 9.97 Å². The van der Waals surface area contributed by atoms with Crippen molar-refractivity contribution in [2.24, 2.45) is 0 Å². The number of hydrogen-bond acceptors (Lipinski definition) is 4. The number of nitrogens with one attached hydrogen (secondary N) is 1. The molecule has 0 saturated heterocycles. The van der Waals surface area contributed by atoms with Crippen molar-refractivity contribution >= 4 is 17.7 Å². The SMILES string of the molecule is CCOC(=O)c1nc(SC)[nH]c1C. The van der Waals surface area contributed by atoms with Crippen molar-refractivity contribution in [3.05, 3.63) is 11.4 Å². The monoisotopic (exact) mass is 200 g/mol. The number of carbonyl (C=O) groups excluding carboxylic acids is 1. The van der Waals surface area contributed by atoms with E-state index in [0.29, 0.717) is 12.3 Å². The molecule has 72 valence electrons. The molecule has 1 rings (SSSR count). The number of aryl methyl sites for hydroxylation is 1. The summed E-state index contributed by atoms with van der Waals surface area (Å²) in [5.74, 6) is -0.364. The number of thioether (sulfide) groups is 1. The molecular weight excluding hydrogens is 188 g/mol. The van der Waals surface area contributed by atoms with Crippen LogP contribution in [0.15, 0.2) is 5.16 Å². The van der Waals surface area contributed by atoms with Crippen molar-refractivity contribution in [3.63, 3.8) is 0 Å². The Morgan fingerprint density at radius 1 is 1.69 bits per heavy atom. The van der Waals surface area contributed by atoms with Crippen LogP contribution in [0.25, 0.3) is 0 Å². The number of hydrogen-bond donors (Lipinski definition) is 1. The Balaban J connectivity index is 2.87. The van der Waals surface area contributed by atoms with E-state index >= 15 is 0 Å². The second-order valence-corrected chi connectivity index (χ2v) is 3.24. The molecule has 0 aliphatic carbocycles. The number of H-pyrrole nitrogens is 1. The highest BCUT2D eigenvalue weighted by atomic mass is 32.2. The third-order valence-electron chi connectivity index (χ3n) is 1.53. The lowest BCUT2D eigenvalue weighted by Crippen LogP contribution is -2.06. The van der Waals surface area contributed by atoms with Gasteiger partial charge in [0.05, 0.1) is 6.61 Å². The Kier molecular flexibility index (Phi) is 3.36. The Morgan fingerprint density at radius 3 is 2.85 bits per heavy atom. The van der Waals surface area contributed by atoms with Gasteiger partial charge in [0, 0.05) is 5.69 Å². The maximum Gasteiger partial charge on any atom is 0.358 e. The van der Waals surface area contributed by atoms with Gasteiger partial charge in [-0.15, -0.1) is 0 Å². The molecule has 1 N–H and O–H groups in total. The molecule has 0 aliphatic rings. The first-order valence-corrected chi connectivity index (χ1v) is 5.19. The lowest BCUT2D eigenvalue weighted by molar-refractivity contribution is 0.0519. The fourth-order valence-electron chi connectivity index (χ4n) is 0.928. The Labute approximate surface area is 81.1 Å². The van der Waals surface area contributed by atoms with Crippen LogP contribution in [0, 0.1) is 6.92 Å². The number of imidazole rings is 1. The van der Waals surface area contributed by atoms with Crippen LogP contribution in [0.3, 0.4) is 0 Å². The lowest BCUT2D eigenvalue weighted by Gasteiger charge is -1.97. The van der Waals surface area contributed by atoms with Crippen LogP contribution in [0.4, 0.5) is 0 Å². The number of nitrogens with zero attached hydrogens (tertiary/aromatic N) is 1. The van der Waals surface area contributed by atoms with Crippen molar-refractivity contribution in [3.8, 4) is 0 Å². The largest absolute Gasteiger partial charge is 0.461 e. The maximum absolute atomic E-state index is 11.3. The lowest BCUT2D eigenvalue weighted by atomic mass is 10.3. The second-order valence-electron chi connectivity index (χ2n) is 2.44. The molecule has 1 aromatic rings. The van der Waals surface area contributed by atoms with Gasteiger partial charge in [0.2, 0.25) is 0 Å². The minimum absolute atomic E-state index is 0.364. The summed E-state index contributed by atoms with van der Waals surface area (Å²) in [7, 11) is 0. The first kappa shape index (κ1) is 10.1. The molecule has 13 heavy (non-hydrogen) atoms. The van der Waals surface area contributed by atoms with Gasteiger partial charge in [-0.3, -0.25) is 0 Å². The summed E-state index contributed by atoms with van der Waals surface area (Å²) in [6, 6.07) is 0. The van der Waals surface area contributed by atoms with Gasteiger partial charge >= 0.3 is 5.97 Å². The molecule has 0 aliphatic heterocycles. The van der Waals surface area contributed by atoms with Crippen molar-refractivity contribution < 1.29 is 9.53 Å². The molecule has 5 heteroatoms. The molecule has 0 fully saturated rings. The summed E-state index contributed by atoms with van der Waals surface area (Å²) in [6.07, 6.45) is 1.90. The van der Waals surface area contributed by atoms with E-state index in [1.807, 2.05) is 6.26 Å². The van der Waals surface area contributed by atoms with Gasteiger partial charge in [-0.2, -0.15) is 0 Å². The van der Waals surface area contributed by atoms with Gasteiger partial charge in [0.25, 0.3) is 0 Å². The molecular formula is C8H12N2O2S. The Bertz CT molecular complexity index is 309. The zero-order valence-corrected chi connectivity index (χ0v) is 8.70. The zero-order valence-electron chi connectivity index (χ0n) is 7.88. The summed E-state index contributed by atoms with van der Waals surface area (Å²) in [5, 5.41) is 0.737. The van der Waals surface area contributed by atoms with Gasteiger partial charge < -0.3 is 9.72 Å². The molecule has 4 nitrogen and oxygen atoms in total. The average Bonchev–Trinajstić information content (AvgIpc) is 2.47. The smallest absolute Gasteiger partial charge is 0.358 e. The highest BCUT2D eigenvalue weighted by Gasteiger charge is 2.14. The number of aromatic amines is 1. The van der Waals surface area contributed by atoms with E-state index in [0.717, 1.165) is 10.9 Å². The van der Waals surface area contributed by atoms with Crippen LogP contribution in [0.1, 0.15) is 23.1 Å². The number of ether oxygens (including phenoxy) is 1. The third kappa shape index (κ3) is 2.24. The van der Waals surface area contributed by atoms with E-state index in [1.165, 1.54) is 11.8 Å². The summed E-state index contributed by atoms with van der Waals surface area (Å²) >= 11 is 1.46. The molecule has 0 atom stereocenters. The van der Waals surface area contributed by atoms with Gasteiger partial charge in [0.1, 0.15) is 0 Å². The van der Waals surface area contributed by atoms with Crippen LogP contribution in [0.5, 0.6) is 0 Å². The molecule has 0 aromatic carbocycles. The van der Waals surface area contributed by atoms with E-state index in [1.54, 1.807) is 13.8 Å². The fourth-order valence-corrected chi connectivity index (χ4v) is 1.37. The molecule has 0 saturated carbocycles. The van der Waals surface area contributed by atoms with E-state index in [4.69, 9.17) is 4.74 Å². The third-order valence-corrected chi connectivity index (χ3v) is 2.11. The molecule has 0 amide bonds. The summed E-state index contributed by atoms with van der Waals surface area (Å²) < 4.78 is 4.84. The van der Waals surface area contributed by atoms with Crippen LogP contribution in [-0.2, 0) is 4.74 Å². The average molecular weight is 200 g/mol. The number of rotatable bonds is 3. The molecule has 1 heterocycles. The van der Waals surface area contributed by atoms with E-state index in [9.17, 15) is 4.79 Å². The molecule has 0 unspecified atom stereocenters. The van der Waals surface area contributed by atoms with Crippen molar-refractivity contribution in [1.29, 1.82) is 0 Å². The summed E-state index contributed by atoms with van der Waals surface area (Å²) in [6.45, 7) is 3.95. The minimum atomic E-state index is -0.364. The van der Waals surface area contributed by atoms with Gasteiger partial charge in [-0.05, 0) is 20.1 Å². The van der Waals surface area contributed by atoms with E-state index < -0.39 is 0 Å². The van der Waals surface area contributed by atoms with Crippen LogP contribution in [-0.4, -0.2) is 28.8 Å². The molecule has 0 radical (unpaired) electrons. The summed E-state index contributed by atoms with van der Waals surface area (Å²) in [4.78, 5) is 18.3. The number of esters is 1. The Hall–Kier alpha value is -0.970. The zero-order chi connectivity index (χ0) is 9.84. The minimum Gasteiger partial charge on any atom is -0.461 e. The van der Waals surface area contributed by atoms with Crippen molar-refractivity contribution in [2.45, 2.75) is 19.0 Å². The van der Waals surface area contributed by atoms with E-state index in [-0.39, 0.29) is 5.97 Å². The van der Waals surface area contributed by atoms with Crippen molar-refractivity contribution in [2.75, 3.05) is 12.9 Å². The van der Waals surface area contributed by atoms with Gasteiger partial charge in [-0.1, -0.05) is 11.8 Å². The highest BCUT2D eigenvalue weighted by Crippen LogP contribution is 2.13. The van der Waals surface area contributed by atoms with Gasteiger partial charge in [0.15, 0.2) is 10.9 Å². The first-order chi connectivity index (χ1) is 6.19. The number of carbonyl (C=O) groups is 1. The summed E-state index contributed by atoms with van der Waals surface area (Å²) in [5.41, 5.74) is 1.13. The maximum atomic E-state index is 11.3. The van der Waals surface area contributed by atoms with Crippen LogP contribution >= 0.6 is 11.8 Å². The second kappa shape index (κ2) is 4.32. The molecule has 1 aromatic heterocycles. The van der Waals surface area contributed by atoms with Gasteiger partial charge in [-0.25, -0.2) is 9.78 Å². The predicted octanol–water partition coefficient (Wildman–Crippen LogP) is 1.62. The first-order valence-electron chi connectivity index (χ1n) is 3.96. The van der Waals surface area contributed by atoms with Crippen LogP contribution < -0.4 is 0 Å². The molecule has 0 bridgehead atoms. The number of aromatic nitrogens is 2. The fraction of sp³-hybridized carbons (Fsp3) is 0.500. The topological polar surface area (TPSA) is 55.0 Å². The normalized spacial score (nSPS) is 10.1. The Morgan fingerprint density at radius 2 is 2.38 bits per heavy atom. The standard InChI is InChI=1S/C8H12N2O2S/c1-4-12-7(11)6-5(2)9-8(10-6)13-3/h4H2,1-3H3,(H,9,10). The molecule has 0 spiro atoms. The predicted molar refractivity (Wildman–Crippen MR) is 51.1 cm³/mol. The quantitative estimate of drug-likeness (QED) is 0.595. The highest BCUT2D eigenvalue weighted by molar-refractivity contribution is 7.98. The van der Waals surface area contributed by atoms with Crippen molar-refractivity contribution in [1.82, 2.24) is 9.97 Å².